The minimum Gasteiger partial charge on any atom is -0.353 e. The van der Waals surface area contributed by atoms with Gasteiger partial charge in [0.05, 0.1) is 16.6 Å². The molecule has 3 aromatic carbocycles. The molecule has 5 aromatic rings. The van der Waals surface area contributed by atoms with Crippen LogP contribution in [-0.2, 0) is 6.54 Å². The number of para-hydroxylation sites is 1. The van der Waals surface area contributed by atoms with Crippen LogP contribution in [0.1, 0.15) is 15.9 Å². The average Bonchev–Trinajstić information content (AvgIpc) is 3.27. The van der Waals surface area contributed by atoms with Crippen LogP contribution in [0.4, 0.5) is 0 Å². The fourth-order valence-corrected chi connectivity index (χ4v) is 4.39. The molecule has 1 amide bonds. The van der Waals surface area contributed by atoms with E-state index in [1.807, 2.05) is 36.4 Å². The molecule has 0 saturated carbocycles. The molecule has 4 nitrogen and oxygen atoms in total. The molecular weight excluding hydrogens is 334 g/mol. The summed E-state index contributed by atoms with van der Waals surface area (Å²) < 4.78 is 0. The number of aromatic amines is 2. The number of nitrogens with one attached hydrogen (secondary N) is 3. The van der Waals surface area contributed by atoms with Crippen molar-refractivity contribution < 1.29 is 4.79 Å². The van der Waals surface area contributed by atoms with Crippen molar-refractivity contribution >= 4 is 61.1 Å². The largest absolute Gasteiger partial charge is 0.353 e. The Balaban J connectivity index is 1.98. The number of halogens is 1. The van der Waals surface area contributed by atoms with E-state index in [0.717, 1.165) is 54.7 Å². The van der Waals surface area contributed by atoms with Crippen LogP contribution >= 0.6 is 11.6 Å². The highest BCUT2D eigenvalue weighted by atomic mass is 35.5. The first-order valence-electron chi connectivity index (χ1n) is 8.17. The van der Waals surface area contributed by atoms with Crippen molar-refractivity contribution in [2.75, 3.05) is 0 Å². The second kappa shape index (κ2) is 4.35. The number of aromatic nitrogens is 2. The summed E-state index contributed by atoms with van der Waals surface area (Å²) in [4.78, 5) is 19.6. The normalized spacial score (nSPS) is 14.0. The molecule has 0 atom stereocenters. The number of benzene rings is 3. The number of amides is 1. The van der Waals surface area contributed by atoms with E-state index in [4.69, 9.17) is 11.6 Å². The van der Waals surface area contributed by atoms with Crippen molar-refractivity contribution in [3.63, 3.8) is 0 Å². The van der Waals surface area contributed by atoms with Crippen LogP contribution in [0.3, 0.4) is 0 Å². The Morgan fingerprint density at radius 3 is 2.56 bits per heavy atom. The zero-order valence-electron chi connectivity index (χ0n) is 13.0. The second-order valence-corrected chi connectivity index (χ2v) is 6.96. The lowest BCUT2D eigenvalue weighted by Crippen LogP contribution is -2.12. The number of H-pyrrole nitrogens is 2. The third-order valence-corrected chi connectivity index (χ3v) is 5.46. The Kier molecular flexibility index (Phi) is 2.32. The summed E-state index contributed by atoms with van der Waals surface area (Å²) in [5.74, 6) is -0.00466. The summed E-state index contributed by atoms with van der Waals surface area (Å²) in [7, 11) is 0. The molecule has 0 bridgehead atoms. The zero-order valence-corrected chi connectivity index (χ0v) is 13.8. The van der Waals surface area contributed by atoms with Gasteiger partial charge in [0, 0.05) is 44.1 Å². The van der Waals surface area contributed by atoms with Gasteiger partial charge in [-0.2, -0.15) is 0 Å². The summed E-state index contributed by atoms with van der Waals surface area (Å²) in [5.41, 5.74) is 5.86. The lowest BCUT2D eigenvalue weighted by atomic mass is 9.97. The molecule has 0 radical (unpaired) electrons. The van der Waals surface area contributed by atoms with Crippen molar-refractivity contribution in [3.8, 4) is 0 Å². The van der Waals surface area contributed by atoms with E-state index in [1.54, 1.807) is 0 Å². The Morgan fingerprint density at radius 1 is 0.880 bits per heavy atom. The smallest absolute Gasteiger partial charge is 0.252 e. The standard InChI is InChI=1S/C20H12ClN3O/c21-9-5-6-11-14(7-9)24-18-15(11)12-8-22-20(25)17(12)16-10-3-1-2-4-13(10)23-19(16)18/h1-7,23-24H,8H2,(H,22,25). The van der Waals surface area contributed by atoms with E-state index >= 15 is 0 Å². The molecule has 5 heteroatoms. The number of fused-ring (bicyclic) bond motifs is 10. The minimum atomic E-state index is -0.00466. The summed E-state index contributed by atoms with van der Waals surface area (Å²) in [6.07, 6.45) is 0. The minimum absolute atomic E-state index is 0.00466. The number of hydrogen-bond donors (Lipinski definition) is 3. The first kappa shape index (κ1) is 13.3. The van der Waals surface area contributed by atoms with Gasteiger partial charge < -0.3 is 15.3 Å². The predicted molar refractivity (Wildman–Crippen MR) is 101 cm³/mol. The van der Waals surface area contributed by atoms with Gasteiger partial charge >= 0.3 is 0 Å². The molecule has 120 valence electrons. The van der Waals surface area contributed by atoms with Crippen LogP contribution in [0.2, 0.25) is 5.02 Å². The Hall–Kier alpha value is -2.98. The first-order valence-corrected chi connectivity index (χ1v) is 8.54. The fourth-order valence-electron chi connectivity index (χ4n) is 4.22. The van der Waals surface area contributed by atoms with Gasteiger partial charge in [-0.05, 0) is 23.8 Å². The average molecular weight is 346 g/mol. The fraction of sp³-hybridized carbons (Fsp3) is 0.0500. The Bertz CT molecular complexity index is 1380. The number of carbonyl (C=O) groups excluding carboxylic acids is 1. The third kappa shape index (κ3) is 1.55. The molecule has 0 aliphatic carbocycles. The van der Waals surface area contributed by atoms with Crippen LogP contribution in [0.25, 0.3) is 43.6 Å². The van der Waals surface area contributed by atoms with Crippen molar-refractivity contribution in [1.29, 1.82) is 0 Å². The lowest BCUT2D eigenvalue weighted by Gasteiger charge is -2.03. The van der Waals surface area contributed by atoms with Crippen LogP contribution < -0.4 is 5.32 Å². The lowest BCUT2D eigenvalue weighted by molar-refractivity contribution is 0.0967. The highest BCUT2D eigenvalue weighted by Crippen LogP contribution is 2.42. The molecule has 0 saturated heterocycles. The molecule has 3 N–H and O–H groups in total. The van der Waals surface area contributed by atoms with Gasteiger partial charge in [0.25, 0.3) is 5.91 Å². The molecule has 0 spiro atoms. The molecule has 0 fully saturated rings. The summed E-state index contributed by atoms with van der Waals surface area (Å²) in [6.45, 7) is 0.551. The highest BCUT2D eigenvalue weighted by Gasteiger charge is 2.29. The topological polar surface area (TPSA) is 60.7 Å². The van der Waals surface area contributed by atoms with Crippen LogP contribution in [-0.4, -0.2) is 15.9 Å². The van der Waals surface area contributed by atoms with E-state index < -0.39 is 0 Å². The van der Waals surface area contributed by atoms with Gasteiger partial charge in [0.2, 0.25) is 0 Å². The van der Waals surface area contributed by atoms with Gasteiger partial charge in [-0.1, -0.05) is 35.9 Å². The number of rotatable bonds is 0. The molecule has 6 rings (SSSR count). The zero-order chi connectivity index (χ0) is 16.7. The van der Waals surface area contributed by atoms with Crippen molar-refractivity contribution in [2.24, 2.45) is 0 Å². The second-order valence-electron chi connectivity index (χ2n) is 6.52. The maximum absolute atomic E-state index is 12.6. The van der Waals surface area contributed by atoms with Gasteiger partial charge in [0.1, 0.15) is 0 Å². The van der Waals surface area contributed by atoms with E-state index in [-0.39, 0.29) is 5.91 Å². The predicted octanol–water partition coefficient (Wildman–Crippen LogP) is 4.85. The highest BCUT2D eigenvalue weighted by molar-refractivity contribution is 6.33. The van der Waals surface area contributed by atoms with E-state index in [9.17, 15) is 4.79 Å². The number of hydrogen-bond acceptors (Lipinski definition) is 1. The molecule has 2 aromatic heterocycles. The van der Waals surface area contributed by atoms with Gasteiger partial charge in [-0.3, -0.25) is 4.79 Å². The summed E-state index contributed by atoms with van der Waals surface area (Å²) >= 11 is 6.17. The van der Waals surface area contributed by atoms with E-state index in [2.05, 4.69) is 21.4 Å². The molecule has 1 aliphatic rings. The van der Waals surface area contributed by atoms with Crippen LogP contribution in [0, 0.1) is 0 Å². The maximum Gasteiger partial charge on any atom is 0.252 e. The molecule has 25 heavy (non-hydrogen) atoms. The Morgan fingerprint density at radius 2 is 1.64 bits per heavy atom. The van der Waals surface area contributed by atoms with Crippen LogP contribution in [0.5, 0.6) is 0 Å². The van der Waals surface area contributed by atoms with Crippen molar-refractivity contribution in [2.45, 2.75) is 6.54 Å². The Labute approximate surface area is 146 Å². The SMILES string of the molecule is O=C1NCc2c1c1c3ccccc3[nH]c1c1[nH]c3cc(Cl)ccc3c21. The summed E-state index contributed by atoms with van der Waals surface area (Å²) in [6, 6.07) is 14.0. The van der Waals surface area contributed by atoms with Crippen molar-refractivity contribution in [3.05, 3.63) is 58.6 Å². The van der Waals surface area contributed by atoms with Crippen molar-refractivity contribution in [1.82, 2.24) is 15.3 Å². The van der Waals surface area contributed by atoms with E-state index in [1.165, 1.54) is 0 Å². The maximum atomic E-state index is 12.6. The van der Waals surface area contributed by atoms with Crippen LogP contribution in [0.15, 0.2) is 42.5 Å². The van der Waals surface area contributed by atoms with E-state index in [0.29, 0.717) is 11.6 Å². The third-order valence-electron chi connectivity index (χ3n) is 5.22. The quantitative estimate of drug-likeness (QED) is 0.369. The van der Waals surface area contributed by atoms with Gasteiger partial charge in [-0.25, -0.2) is 0 Å². The van der Waals surface area contributed by atoms with Gasteiger partial charge in [-0.15, -0.1) is 0 Å². The molecule has 1 aliphatic heterocycles. The monoisotopic (exact) mass is 345 g/mol. The molecular formula is C20H12ClN3O. The first-order chi connectivity index (χ1) is 12.2. The van der Waals surface area contributed by atoms with Gasteiger partial charge in [0.15, 0.2) is 0 Å². The summed E-state index contributed by atoms with van der Waals surface area (Å²) in [5, 5.41) is 7.94. The molecule has 0 unspecified atom stereocenters. The molecule has 3 heterocycles. The number of carbonyl (C=O) groups is 1.